The van der Waals surface area contributed by atoms with E-state index >= 15 is 0 Å². The van der Waals surface area contributed by atoms with E-state index in [4.69, 9.17) is 9.98 Å². The minimum atomic E-state index is -0.00762. The van der Waals surface area contributed by atoms with E-state index in [1.165, 1.54) is 33.2 Å². The van der Waals surface area contributed by atoms with Gasteiger partial charge in [0.1, 0.15) is 0 Å². The van der Waals surface area contributed by atoms with Crippen LogP contribution in [0.1, 0.15) is 45.5 Å². The van der Waals surface area contributed by atoms with Gasteiger partial charge in [-0.3, -0.25) is 20.0 Å². The van der Waals surface area contributed by atoms with Crippen LogP contribution in [0.15, 0.2) is 107 Å². The van der Waals surface area contributed by atoms with Crippen molar-refractivity contribution in [3.8, 4) is 0 Å². The summed E-state index contributed by atoms with van der Waals surface area (Å²) in [6.07, 6.45) is 7.41. The van der Waals surface area contributed by atoms with Crippen LogP contribution in [0, 0.1) is 0 Å². The molecule has 0 saturated carbocycles. The average Bonchev–Trinajstić information content (AvgIpc) is 2.92. The fourth-order valence-corrected chi connectivity index (χ4v) is 5.20. The Balaban J connectivity index is 0.000000806. The molecule has 178 valence electrons. The van der Waals surface area contributed by atoms with Crippen molar-refractivity contribution in [2.45, 2.75) is 23.9 Å². The monoisotopic (exact) mass is 630 g/mol. The molecule has 0 unspecified atom stereocenters. The molecule has 2 heterocycles. The fraction of sp³-hybridized carbons (Fsp3) is 0.143. The van der Waals surface area contributed by atoms with Gasteiger partial charge in [-0.15, -0.1) is 0 Å². The Morgan fingerprint density at radius 3 is 1.23 bits per heavy atom. The standard InChI is InChI=1S/C28H22N4.2BrH.Ni/c1-2-12-22-21(11-1)25-23-13-3-4-14-24(23)26(22)28(32-18-20-10-6-8-16-30-20)27(25)31-17-19-9-5-7-15-29-19;;;/h1-18,25-28H;2*1H;/q;;;+2/p-2/t25?,26?,27-,28-;;;/m1.../s1. The van der Waals surface area contributed by atoms with Crippen LogP contribution < -0.4 is 0 Å². The zero-order valence-corrected chi connectivity index (χ0v) is 22.7. The van der Waals surface area contributed by atoms with Crippen molar-refractivity contribution in [2.75, 3.05) is 0 Å². The van der Waals surface area contributed by atoms with Gasteiger partial charge in [0, 0.05) is 36.7 Å². The molecule has 35 heavy (non-hydrogen) atoms. The van der Waals surface area contributed by atoms with Gasteiger partial charge in [0.25, 0.3) is 0 Å². The molecule has 7 rings (SSSR count). The number of benzene rings is 2. The first-order valence-corrected chi connectivity index (χ1v) is 16.1. The summed E-state index contributed by atoms with van der Waals surface area (Å²) >= 11 is 6.00. The van der Waals surface area contributed by atoms with Gasteiger partial charge in [0.05, 0.1) is 23.5 Å². The second-order valence-electron chi connectivity index (χ2n) is 8.31. The topological polar surface area (TPSA) is 50.5 Å². The van der Waals surface area contributed by atoms with E-state index in [1.807, 2.05) is 48.8 Å². The molecule has 0 N–H and O–H groups in total. The molecule has 2 aromatic carbocycles. The zero-order valence-electron chi connectivity index (χ0n) is 18.6. The van der Waals surface area contributed by atoms with Crippen LogP contribution in [0.3, 0.4) is 0 Å². The van der Waals surface area contributed by atoms with Crippen molar-refractivity contribution in [1.82, 2.24) is 9.97 Å². The second-order valence-corrected chi connectivity index (χ2v) is 13.3. The van der Waals surface area contributed by atoms with Gasteiger partial charge < -0.3 is 0 Å². The number of halogens is 2. The summed E-state index contributed by atoms with van der Waals surface area (Å²) in [5.74, 6) is 0.330. The molecule has 4 nitrogen and oxygen atoms in total. The van der Waals surface area contributed by atoms with E-state index in [0.717, 1.165) is 11.4 Å². The number of aliphatic imine (C=N–C) groups is 2. The summed E-state index contributed by atoms with van der Waals surface area (Å²) in [6.45, 7) is 0. The maximum absolute atomic E-state index is 5.11. The predicted octanol–water partition coefficient (Wildman–Crippen LogP) is 6.73. The van der Waals surface area contributed by atoms with Gasteiger partial charge in [-0.2, -0.15) is 0 Å². The maximum atomic E-state index is 5.11. The quantitative estimate of drug-likeness (QED) is 0.185. The van der Waals surface area contributed by atoms with E-state index in [2.05, 4.69) is 86.9 Å². The second kappa shape index (κ2) is 11.5. The molecule has 0 saturated heterocycles. The van der Waals surface area contributed by atoms with E-state index in [-0.39, 0.29) is 23.9 Å². The molecule has 2 bridgehead atoms. The Morgan fingerprint density at radius 1 is 0.571 bits per heavy atom. The van der Waals surface area contributed by atoms with Crippen molar-refractivity contribution in [2.24, 2.45) is 9.98 Å². The van der Waals surface area contributed by atoms with E-state index < -0.39 is 0 Å². The number of aromatic nitrogens is 2. The molecular formula is C28H22Br2N4Ni. The Bertz CT molecular complexity index is 1180. The van der Waals surface area contributed by atoms with Crippen molar-refractivity contribution < 1.29 is 10.9 Å². The molecule has 3 aliphatic rings. The first-order chi connectivity index (χ1) is 17.3. The van der Waals surface area contributed by atoms with Gasteiger partial charge in [-0.25, -0.2) is 0 Å². The van der Waals surface area contributed by atoms with Crippen LogP contribution in [0.25, 0.3) is 0 Å². The summed E-state index contributed by atoms with van der Waals surface area (Å²) in [6, 6.07) is 29.3. The number of pyridine rings is 2. The molecule has 2 atom stereocenters. The molecule has 0 spiro atoms. The van der Waals surface area contributed by atoms with Crippen LogP contribution in [0.4, 0.5) is 0 Å². The third kappa shape index (κ3) is 5.09. The number of nitrogens with zero attached hydrogens (tertiary/aromatic N) is 4. The molecule has 7 heteroatoms. The first-order valence-electron chi connectivity index (χ1n) is 11.2. The Kier molecular flexibility index (Phi) is 7.97. The molecule has 0 aliphatic heterocycles. The summed E-state index contributed by atoms with van der Waals surface area (Å²) in [5.41, 5.74) is 7.19. The van der Waals surface area contributed by atoms with E-state index in [1.54, 1.807) is 12.4 Å². The average molecular weight is 633 g/mol. The molecule has 4 aromatic rings. The third-order valence-corrected chi connectivity index (χ3v) is 6.50. The molecule has 0 radical (unpaired) electrons. The Morgan fingerprint density at radius 2 is 0.914 bits per heavy atom. The van der Waals surface area contributed by atoms with Crippen LogP contribution in [-0.2, 0) is 10.9 Å². The predicted molar refractivity (Wildman–Crippen MR) is 146 cm³/mol. The Hall–Kier alpha value is -2.47. The molecular weight excluding hydrogens is 611 g/mol. The van der Waals surface area contributed by atoms with Crippen LogP contribution in [0.5, 0.6) is 0 Å². The van der Waals surface area contributed by atoms with Crippen LogP contribution >= 0.6 is 28.5 Å². The normalized spacial score (nSPS) is 22.0. The minimum absolute atomic E-state index is 0.00762. The van der Waals surface area contributed by atoms with Crippen LogP contribution in [0.2, 0.25) is 0 Å². The third-order valence-electron chi connectivity index (χ3n) is 6.50. The van der Waals surface area contributed by atoms with Crippen LogP contribution in [-0.4, -0.2) is 34.5 Å². The molecule has 0 fully saturated rings. The van der Waals surface area contributed by atoms with Gasteiger partial charge in [-0.1, -0.05) is 60.7 Å². The van der Waals surface area contributed by atoms with Crippen molar-refractivity contribution in [3.05, 3.63) is 131 Å². The van der Waals surface area contributed by atoms with Crippen molar-refractivity contribution in [1.29, 1.82) is 0 Å². The first kappa shape index (κ1) is 24.2. The number of rotatable bonds is 4. The van der Waals surface area contributed by atoms with Gasteiger partial charge in [-0.05, 0) is 46.5 Å². The van der Waals surface area contributed by atoms with Crippen molar-refractivity contribution in [3.63, 3.8) is 0 Å². The fourth-order valence-electron chi connectivity index (χ4n) is 5.20. The van der Waals surface area contributed by atoms with Gasteiger partial charge in [0.15, 0.2) is 0 Å². The summed E-state index contributed by atoms with van der Waals surface area (Å²) in [4.78, 5) is 19.1. The van der Waals surface area contributed by atoms with E-state index in [0.29, 0.717) is 0 Å². The van der Waals surface area contributed by atoms with E-state index in [9.17, 15) is 0 Å². The number of hydrogen-bond acceptors (Lipinski definition) is 4. The van der Waals surface area contributed by atoms with Crippen molar-refractivity contribution >= 4 is 40.9 Å². The number of fused-ring (bicyclic) bond motifs is 1. The summed E-state index contributed by atoms with van der Waals surface area (Å²) in [7, 11) is 1.25. The summed E-state index contributed by atoms with van der Waals surface area (Å²) < 4.78 is 0. The SMILES string of the molecule is C(=N[C@@H]1C2c3ccccc3C(c3ccccc32)[C@H]1N=Cc1ccccn1)c1ccccn1.[Br][Ni][Br]. The van der Waals surface area contributed by atoms with Gasteiger partial charge >= 0.3 is 39.3 Å². The van der Waals surface area contributed by atoms with Gasteiger partial charge in [0.2, 0.25) is 0 Å². The summed E-state index contributed by atoms with van der Waals surface area (Å²) in [5, 5.41) is 0. The Labute approximate surface area is 225 Å². The zero-order chi connectivity index (χ0) is 24.0. The number of hydrogen-bond donors (Lipinski definition) is 0. The molecule has 2 aromatic heterocycles. The molecule has 3 aliphatic carbocycles. The molecule has 0 amide bonds.